The van der Waals surface area contributed by atoms with Crippen LogP contribution >= 0.6 is 0 Å². The highest BCUT2D eigenvalue weighted by Crippen LogP contribution is 2.39. The number of ether oxygens (including phenoxy) is 6. The van der Waals surface area contributed by atoms with E-state index in [0.29, 0.717) is 0 Å². The number of anilines is 2. The number of halogens is 12. The first kappa shape index (κ1) is 46.6. The van der Waals surface area contributed by atoms with Gasteiger partial charge in [-0.15, -0.1) is 0 Å². The van der Waals surface area contributed by atoms with Crippen molar-refractivity contribution >= 4 is 23.2 Å². The molecule has 0 aliphatic carbocycles. The fraction of sp³-hybridized carbons (Fsp3) is 0.438. The maximum atomic E-state index is 13.3. The van der Waals surface area contributed by atoms with Crippen LogP contribution in [0, 0.1) is 0 Å². The Hall–Kier alpha value is -4.58. The first-order valence-corrected chi connectivity index (χ1v) is 15.2. The predicted molar refractivity (Wildman–Crippen MR) is 165 cm³/mol. The summed E-state index contributed by atoms with van der Waals surface area (Å²) in [6.45, 7) is 4.29. The van der Waals surface area contributed by atoms with Crippen LogP contribution in [0.2, 0.25) is 0 Å². The maximum absolute atomic E-state index is 13.3. The molecular formula is C32H32F12N2O9. The molecule has 0 unspecified atom stereocenters. The molecule has 4 N–H and O–H groups in total. The molecule has 1 saturated heterocycles. The SMILES string of the molecule is C=C1OCCOCCO[C@@H](C(=O)Nc2cc(C(F)(F)F)cc(C(F)(F)F)c2)C(=C)OCCOCCO[C@H]1C(=O)Nc1cc(C(F)(F)F)cc(C(F)(F)F)c1.O. The molecule has 1 aliphatic rings. The van der Waals surface area contributed by atoms with Gasteiger partial charge in [0.25, 0.3) is 11.8 Å². The summed E-state index contributed by atoms with van der Waals surface area (Å²) in [6.07, 6.45) is -24.3. The molecule has 0 saturated carbocycles. The fourth-order valence-corrected chi connectivity index (χ4v) is 4.37. The lowest BCUT2D eigenvalue weighted by molar-refractivity contribution is -0.144. The van der Waals surface area contributed by atoms with E-state index < -0.39 is 107 Å². The van der Waals surface area contributed by atoms with Crippen LogP contribution in [0.5, 0.6) is 0 Å². The summed E-state index contributed by atoms with van der Waals surface area (Å²) in [5.74, 6) is -3.37. The molecule has 2 aromatic rings. The van der Waals surface area contributed by atoms with Crippen molar-refractivity contribution in [1.82, 2.24) is 0 Å². The van der Waals surface area contributed by atoms with Crippen molar-refractivity contribution in [2.24, 2.45) is 0 Å². The fourth-order valence-electron chi connectivity index (χ4n) is 4.37. The van der Waals surface area contributed by atoms with Gasteiger partial charge in [0.05, 0.1) is 61.9 Å². The van der Waals surface area contributed by atoms with Gasteiger partial charge in [-0.1, -0.05) is 13.2 Å². The molecule has 2 aromatic carbocycles. The van der Waals surface area contributed by atoms with Crippen molar-refractivity contribution < 1.29 is 96.2 Å². The number of carbonyl (C=O) groups is 2. The third-order valence-electron chi connectivity index (χ3n) is 6.83. The topological polar surface area (TPSA) is 145 Å². The van der Waals surface area contributed by atoms with Crippen molar-refractivity contribution in [3.63, 3.8) is 0 Å². The molecule has 2 atom stereocenters. The number of carbonyl (C=O) groups excluding carboxylic acids is 2. The van der Waals surface area contributed by atoms with Gasteiger partial charge < -0.3 is 44.5 Å². The Kier molecular flexibility index (Phi) is 16.4. The highest BCUT2D eigenvalue weighted by atomic mass is 19.4. The minimum Gasteiger partial charge on any atom is -0.493 e. The van der Waals surface area contributed by atoms with Crippen LogP contribution in [0.1, 0.15) is 22.3 Å². The van der Waals surface area contributed by atoms with Crippen LogP contribution in [0.25, 0.3) is 0 Å². The van der Waals surface area contributed by atoms with Crippen LogP contribution in [0.4, 0.5) is 64.1 Å². The monoisotopic (exact) mass is 816 g/mol. The second kappa shape index (κ2) is 19.3. The zero-order valence-corrected chi connectivity index (χ0v) is 28.0. The molecule has 2 amide bonds. The number of benzene rings is 2. The van der Waals surface area contributed by atoms with Gasteiger partial charge in [0, 0.05) is 11.4 Å². The van der Waals surface area contributed by atoms with Crippen molar-refractivity contribution in [2.45, 2.75) is 36.9 Å². The van der Waals surface area contributed by atoms with E-state index in [1.54, 1.807) is 0 Å². The number of alkyl halides is 12. The largest absolute Gasteiger partial charge is 0.493 e. The van der Waals surface area contributed by atoms with Crippen molar-refractivity contribution in [3.8, 4) is 0 Å². The van der Waals surface area contributed by atoms with E-state index in [2.05, 4.69) is 13.2 Å². The average Bonchev–Trinajstić information content (AvgIpc) is 3.04. The Balaban J connectivity index is 0.0000105. The summed E-state index contributed by atoms with van der Waals surface area (Å²) >= 11 is 0. The summed E-state index contributed by atoms with van der Waals surface area (Å²) in [5.41, 5.74) is -8.46. The van der Waals surface area contributed by atoms with Crippen molar-refractivity contribution in [2.75, 3.05) is 63.5 Å². The highest BCUT2D eigenvalue weighted by molar-refractivity contribution is 5.96. The Morgan fingerprint density at radius 3 is 1.04 bits per heavy atom. The quantitative estimate of drug-likeness (QED) is 0.338. The van der Waals surface area contributed by atoms with E-state index in [-0.39, 0.29) is 81.5 Å². The van der Waals surface area contributed by atoms with Crippen LogP contribution in [0.3, 0.4) is 0 Å². The first-order valence-electron chi connectivity index (χ1n) is 15.2. The smallest absolute Gasteiger partial charge is 0.416 e. The normalized spacial score (nSPS) is 19.1. The molecule has 0 spiro atoms. The van der Waals surface area contributed by atoms with Gasteiger partial charge in [0.1, 0.15) is 24.7 Å². The van der Waals surface area contributed by atoms with Gasteiger partial charge in [-0.3, -0.25) is 9.59 Å². The lowest BCUT2D eigenvalue weighted by Crippen LogP contribution is -2.35. The molecule has 23 heteroatoms. The number of rotatable bonds is 4. The van der Waals surface area contributed by atoms with E-state index in [1.807, 2.05) is 10.6 Å². The molecule has 3 rings (SSSR count). The minimum absolute atomic E-state index is 0. The van der Waals surface area contributed by atoms with E-state index >= 15 is 0 Å². The molecule has 0 radical (unpaired) electrons. The minimum atomic E-state index is -5.19. The summed E-state index contributed by atoms with van der Waals surface area (Å²) in [4.78, 5) is 26.0. The summed E-state index contributed by atoms with van der Waals surface area (Å²) in [6, 6.07) is 0.888. The average molecular weight is 817 g/mol. The Bertz CT molecular complexity index is 1460. The van der Waals surface area contributed by atoms with Gasteiger partial charge in [-0.25, -0.2) is 0 Å². The highest BCUT2D eigenvalue weighted by Gasteiger charge is 2.39. The van der Waals surface area contributed by atoms with Crippen LogP contribution < -0.4 is 10.6 Å². The molecule has 55 heavy (non-hydrogen) atoms. The third-order valence-corrected chi connectivity index (χ3v) is 6.83. The van der Waals surface area contributed by atoms with Gasteiger partial charge in [-0.2, -0.15) is 52.7 Å². The van der Waals surface area contributed by atoms with Crippen LogP contribution in [-0.2, 0) is 62.7 Å². The van der Waals surface area contributed by atoms with E-state index in [4.69, 9.17) is 28.4 Å². The standard InChI is InChI=1S/C32H30F12N2O8.H2O/c1-17-25(27(47)45-23-13-19(29(33,34)35)11-20(14-23)30(36,37)38)53-9-5-50-4-8-52-18(2)26(54-10-6-49-3-7-51-17)28(48)46-24-15-21(31(39,40)41)12-22(16-24)32(42,43)44;/h11-16,25-26H,1-10H2,(H,45,47)(H,46,48);1H2/t25-,26-;/m1./s1. The maximum Gasteiger partial charge on any atom is 0.416 e. The Morgan fingerprint density at radius 2 is 0.764 bits per heavy atom. The predicted octanol–water partition coefficient (Wildman–Crippen LogP) is 6.39. The van der Waals surface area contributed by atoms with E-state index in [9.17, 15) is 62.3 Å². The second-order valence-electron chi connectivity index (χ2n) is 10.9. The molecule has 1 fully saturated rings. The number of hydrogen-bond donors (Lipinski definition) is 2. The van der Waals surface area contributed by atoms with Gasteiger partial charge in [-0.05, 0) is 36.4 Å². The summed E-state index contributed by atoms with van der Waals surface area (Å²) in [5, 5.41) is 3.86. The lowest BCUT2D eigenvalue weighted by atomic mass is 10.1. The second-order valence-corrected chi connectivity index (χ2v) is 10.9. The molecule has 0 bridgehead atoms. The zero-order valence-electron chi connectivity index (χ0n) is 28.0. The van der Waals surface area contributed by atoms with Crippen LogP contribution in [0.15, 0.2) is 61.1 Å². The summed E-state index contributed by atoms with van der Waals surface area (Å²) in [7, 11) is 0. The van der Waals surface area contributed by atoms with Gasteiger partial charge in [0.15, 0.2) is 12.2 Å². The van der Waals surface area contributed by atoms with Gasteiger partial charge >= 0.3 is 24.7 Å². The van der Waals surface area contributed by atoms with Crippen molar-refractivity contribution in [1.29, 1.82) is 0 Å². The Labute approximate surface area is 303 Å². The molecule has 11 nitrogen and oxygen atoms in total. The van der Waals surface area contributed by atoms with E-state index in [0.717, 1.165) is 0 Å². The third kappa shape index (κ3) is 14.5. The molecular weight excluding hydrogens is 784 g/mol. The Morgan fingerprint density at radius 1 is 0.491 bits per heavy atom. The van der Waals surface area contributed by atoms with Crippen molar-refractivity contribution in [3.05, 3.63) is 83.3 Å². The number of amides is 2. The molecule has 308 valence electrons. The zero-order chi connectivity index (χ0) is 40.5. The first-order chi connectivity index (χ1) is 25.0. The lowest BCUT2D eigenvalue weighted by Gasteiger charge is -2.22. The molecule has 1 aliphatic heterocycles. The van der Waals surface area contributed by atoms with Gasteiger partial charge in [0.2, 0.25) is 0 Å². The number of hydrogen-bond acceptors (Lipinski definition) is 8. The molecule has 1 heterocycles. The van der Waals surface area contributed by atoms with E-state index in [1.165, 1.54) is 0 Å². The number of nitrogens with one attached hydrogen (secondary N) is 2. The van der Waals surface area contributed by atoms with Crippen LogP contribution in [-0.4, -0.2) is 82.4 Å². The summed E-state index contributed by atoms with van der Waals surface area (Å²) < 4.78 is 191. The molecule has 0 aromatic heterocycles.